The van der Waals surface area contributed by atoms with E-state index >= 15 is 0 Å². The molecule has 1 rings (SSSR count). The topological polar surface area (TPSA) is 18.5 Å². The van der Waals surface area contributed by atoms with Crippen LogP contribution in [-0.2, 0) is 4.74 Å². The Morgan fingerprint density at radius 1 is 0.958 bits per heavy atom. The average molecular weight is 362 g/mol. The van der Waals surface area contributed by atoms with Gasteiger partial charge >= 0.3 is 18.0 Å². The van der Waals surface area contributed by atoms with Gasteiger partial charge in [0.25, 0.3) is 0 Å². The van der Waals surface area contributed by atoms with Crippen molar-refractivity contribution in [3.05, 3.63) is 29.8 Å². The first kappa shape index (κ1) is 20.5. The molecule has 1 unspecified atom stereocenters. The zero-order chi connectivity index (χ0) is 18.8. The highest BCUT2D eigenvalue weighted by molar-refractivity contribution is 5.30. The van der Waals surface area contributed by atoms with Crippen molar-refractivity contribution < 1.29 is 40.2 Å². The molecule has 138 valence electrons. The van der Waals surface area contributed by atoms with E-state index in [0.29, 0.717) is 0 Å². The third kappa shape index (κ3) is 4.52. The minimum Gasteiger partial charge on any atom is -0.491 e. The van der Waals surface area contributed by atoms with Crippen molar-refractivity contribution >= 4 is 0 Å². The summed E-state index contributed by atoms with van der Waals surface area (Å²) in [6, 6.07) is 5.32. The monoisotopic (exact) mass is 362 g/mol. The van der Waals surface area contributed by atoms with E-state index < -0.39 is 30.5 Å². The van der Waals surface area contributed by atoms with Gasteiger partial charge in [-0.05, 0) is 31.5 Å². The highest BCUT2D eigenvalue weighted by Gasteiger charge is 2.72. The van der Waals surface area contributed by atoms with Gasteiger partial charge in [-0.1, -0.05) is 12.1 Å². The largest absolute Gasteiger partial charge is 0.491 e. The fourth-order valence-electron chi connectivity index (χ4n) is 2.05. The van der Waals surface area contributed by atoms with Gasteiger partial charge in [0.05, 0.1) is 12.2 Å². The molecule has 0 aliphatic carbocycles. The van der Waals surface area contributed by atoms with Gasteiger partial charge in [0.2, 0.25) is 0 Å². The number of ether oxygens (including phenoxy) is 2. The summed E-state index contributed by atoms with van der Waals surface area (Å²) < 4.78 is 100. The molecule has 0 aliphatic rings. The zero-order valence-electron chi connectivity index (χ0n) is 13.1. The maximum atomic E-state index is 13.9. The van der Waals surface area contributed by atoms with Crippen molar-refractivity contribution in [2.45, 2.75) is 50.5 Å². The number of halogens is 7. The lowest BCUT2D eigenvalue weighted by atomic mass is 9.92. The molecule has 2 nitrogen and oxygen atoms in total. The SMILES string of the molecule is COC(CC(F)(C(F)(F)F)C(F)(F)F)c1cccc(OC(C)C)c1. The molecule has 0 heterocycles. The molecule has 0 spiro atoms. The number of alkyl halides is 7. The van der Waals surface area contributed by atoms with Gasteiger partial charge in [-0.2, -0.15) is 26.3 Å². The van der Waals surface area contributed by atoms with Gasteiger partial charge < -0.3 is 9.47 Å². The van der Waals surface area contributed by atoms with E-state index in [0.717, 1.165) is 7.11 Å². The van der Waals surface area contributed by atoms with E-state index in [1.807, 2.05) is 0 Å². The predicted molar refractivity (Wildman–Crippen MR) is 72.5 cm³/mol. The van der Waals surface area contributed by atoms with Gasteiger partial charge in [-0.3, -0.25) is 0 Å². The van der Waals surface area contributed by atoms with Gasteiger partial charge in [0.1, 0.15) is 5.75 Å². The second kappa shape index (κ2) is 7.16. The Morgan fingerprint density at radius 3 is 1.92 bits per heavy atom. The molecule has 0 aromatic heterocycles. The average Bonchev–Trinajstić information content (AvgIpc) is 2.41. The zero-order valence-corrected chi connectivity index (χ0v) is 13.1. The molecule has 0 N–H and O–H groups in total. The Morgan fingerprint density at radius 2 is 1.50 bits per heavy atom. The summed E-state index contributed by atoms with van der Waals surface area (Å²) in [4.78, 5) is 0. The lowest BCUT2D eigenvalue weighted by Gasteiger charge is -2.32. The summed E-state index contributed by atoms with van der Waals surface area (Å²) in [5.41, 5.74) is -5.43. The number of hydrogen-bond acceptors (Lipinski definition) is 2. The summed E-state index contributed by atoms with van der Waals surface area (Å²) in [6.45, 7) is 3.39. The van der Waals surface area contributed by atoms with Crippen LogP contribution in [0.25, 0.3) is 0 Å². The van der Waals surface area contributed by atoms with Crippen LogP contribution in [0.15, 0.2) is 24.3 Å². The van der Waals surface area contributed by atoms with Crippen molar-refractivity contribution in [3.8, 4) is 5.75 Å². The van der Waals surface area contributed by atoms with Gasteiger partial charge in [-0.15, -0.1) is 0 Å². The Hall–Kier alpha value is -1.51. The smallest absolute Gasteiger partial charge is 0.431 e. The van der Waals surface area contributed by atoms with E-state index in [2.05, 4.69) is 4.74 Å². The molecule has 1 atom stereocenters. The number of methoxy groups -OCH3 is 1. The van der Waals surface area contributed by atoms with E-state index in [1.165, 1.54) is 24.3 Å². The van der Waals surface area contributed by atoms with Gasteiger partial charge in [0.15, 0.2) is 0 Å². The van der Waals surface area contributed by atoms with Crippen LogP contribution in [0, 0.1) is 0 Å². The van der Waals surface area contributed by atoms with Gasteiger partial charge in [-0.25, -0.2) is 4.39 Å². The molecular weight excluding hydrogens is 345 g/mol. The van der Waals surface area contributed by atoms with Crippen LogP contribution in [0.1, 0.15) is 31.9 Å². The molecular formula is C15H17F7O2. The van der Waals surface area contributed by atoms with E-state index in [4.69, 9.17) is 4.74 Å². The molecule has 0 fully saturated rings. The highest BCUT2D eigenvalue weighted by atomic mass is 19.4. The quantitative estimate of drug-likeness (QED) is 0.632. The van der Waals surface area contributed by atoms with Crippen molar-refractivity contribution in [1.29, 1.82) is 0 Å². The Bertz CT molecular complexity index is 523. The van der Waals surface area contributed by atoms with Crippen LogP contribution in [0.3, 0.4) is 0 Å². The molecule has 0 aliphatic heterocycles. The molecule has 0 amide bonds. The molecule has 9 heteroatoms. The fraction of sp³-hybridized carbons (Fsp3) is 0.600. The molecule has 1 aromatic rings. The summed E-state index contributed by atoms with van der Waals surface area (Å²) >= 11 is 0. The van der Waals surface area contributed by atoms with Crippen molar-refractivity contribution in [2.75, 3.05) is 7.11 Å². The number of rotatable bonds is 6. The molecule has 0 radical (unpaired) electrons. The van der Waals surface area contributed by atoms with Crippen molar-refractivity contribution in [1.82, 2.24) is 0 Å². The summed E-state index contributed by atoms with van der Waals surface area (Å²) in [6.07, 6.45) is -16.2. The number of hydrogen-bond donors (Lipinski definition) is 0. The van der Waals surface area contributed by atoms with Gasteiger partial charge in [0, 0.05) is 13.5 Å². The predicted octanol–water partition coefficient (Wildman–Crippen LogP) is 5.38. The second-order valence-electron chi connectivity index (χ2n) is 5.46. The fourth-order valence-corrected chi connectivity index (χ4v) is 2.05. The standard InChI is InChI=1S/C15H17F7O2/c1-9(2)24-11-6-4-5-10(7-11)12(23-3)8-13(16,14(17,18)19)15(20,21)22/h4-7,9,12H,8H2,1-3H3. The Labute approximate surface area is 134 Å². The van der Waals surface area contributed by atoms with Crippen molar-refractivity contribution in [2.24, 2.45) is 0 Å². The lowest BCUT2D eigenvalue weighted by Crippen LogP contribution is -2.54. The third-order valence-corrected chi connectivity index (χ3v) is 3.25. The summed E-state index contributed by atoms with van der Waals surface area (Å²) in [5, 5.41) is 0. The van der Waals surface area contributed by atoms with Crippen LogP contribution < -0.4 is 4.74 Å². The van der Waals surface area contributed by atoms with Crippen LogP contribution in [0.5, 0.6) is 5.75 Å². The van der Waals surface area contributed by atoms with Crippen LogP contribution >= 0.6 is 0 Å². The summed E-state index contributed by atoms with van der Waals surface area (Å²) in [7, 11) is 0.911. The molecule has 1 aromatic carbocycles. The maximum Gasteiger partial charge on any atom is 0.431 e. The van der Waals surface area contributed by atoms with Crippen LogP contribution in [0.4, 0.5) is 30.7 Å². The van der Waals surface area contributed by atoms with E-state index in [1.54, 1.807) is 13.8 Å². The van der Waals surface area contributed by atoms with E-state index in [9.17, 15) is 30.7 Å². The molecule has 0 saturated carbocycles. The van der Waals surface area contributed by atoms with Crippen molar-refractivity contribution in [3.63, 3.8) is 0 Å². The minimum atomic E-state index is -6.12. The highest BCUT2D eigenvalue weighted by Crippen LogP contribution is 2.51. The first-order chi connectivity index (χ1) is 10.8. The Balaban J connectivity index is 3.17. The maximum absolute atomic E-state index is 13.9. The summed E-state index contributed by atoms with van der Waals surface area (Å²) in [5.74, 6) is 0.230. The van der Waals surface area contributed by atoms with Crippen LogP contribution in [0.2, 0.25) is 0 Å². The number of benzene rings is 1. The lowest BCUT2D eigenvalue weighted by molar-refractivity contribution is -0.348. The minimum absolute atomic E-state index is 0.0498. The van der Waals surface area contributed by atoms with E-state index in [-0.39, 0.29) is 17.4 Å². The normalized spacial score (nSPS) is 14.8. The molecule has 24 heavy (non-hydrogen) atoms. The van der Waals surface area contributed by atoms with Crippen LogP contribution in [-0.4, -0.2) is 31.2 Å². The second-order valence-corrected chi connectivity index (χ2v) is 5.46. The first-order valence-electron chi connectivity index (χ1n) is 6.93. The Kier molecular flexibility index (Phi) is 6.13. The third-order valence-electron chi connectivity index (χ3n) is 3.25. The molecule has 0 saturated heterocycles. The first-order valence-corrected chi connectivity index (χ1v) is 6.93. The molecule has 0 bridgehead atoms.